The maximum atomic E-state index is 13.7. The molecule has 0 saturated heterocycles. The number of hydrogen-bond acceptors (Lipinski definition) is 3. The van der Waals surface area contributed by atoms with Crippen molar-refractivity contribution < 1.29 is 8.94 Å². The lowest BCUT2D eigenvalue weighted by molar-refractivity contribution is 0.544. The summed E-state index contributed by atoms with van der Waals surface area (Å²) in [5.74, 6) is -0.460. The third kappa shape index (κ3) is 4.40. The van der Waals surface area contributed by atoms with Crippen LogP contribution in [0, 0.1) is 5.82 Å². The molecular weight excluding hydrogens is 363 g/mol. The molecule has 0 bridgehead atoms. The SMILES string of the molecule is CC(C)(C)[S+]([O-])NCCc1cc2ccc(F)cn2c(=O)c1-c1ccccc1. The van der Waals surface area contributed by atoms with Gasteiger partial charge in [0.05, 0.1) is 5.56 Å². The van der Waals surface area contributed by atoms with E-state index in [2.05, 4.69) is 4.72 Å². The van der Waals surface area contributed by atoms with Gasteiger partial charge in [-0.25, -0.2) is 4.39 Å². The molecule has 6 heteroatoms. The van der Waals surface area contributed by atoms with Gasteiger partial charge in [0.2, 0.25) is 0 Å². The van der Waals surface area contributed by atoms with Crippen LogP contribution in [-0.4, -0.2) is 20.2 Å². The smallest absolute Gasteiger partial charge is 0.263 e. The number of hydrogen-bond donors (Lipinski definition) is 1. The van der Waals surface area contributed by atoms with Crippen LogP contribution in [0.25, 0.3) is 16.6 Å². The summed E-state index contributed by atoms with van der Waals surface area (Å²) in [6.07, 6.45) is 1.75. The van der Waals surface area contributed by atoms with Crippen molar-refractivity contribution in [2.75, 3.05) is 6.54 Å². The van der Waals surface area contributed by atoms with E-state index in [9.17, 15) is 13.7 Å². The minimum Gasteiger partial charge on any atom is -0.598 e. The summed E-state index contributed by atoms with van der Waals surface area (Å²) in [4.78, 5) is 13.1. The van der Waals surface area contributed by atoms with Crippen molar-refractivity contribution in [1.82, 2.24) is 9.12 Å². The normalized spacial score (nSPS) is 13.1. The fourth-order valence-corrected chi connectivity index (χ4v) is 3.61. The molecular formula is C21H23FN2O2S. The summed E-state index contributed by atoms with van der Waals surface area (Å²) >= 11 is -1.18. The molecule has 0 fully saturated rings. The molecule has 3 aromatic rings. The van der Waals surface area contributed by atoms with E-state index in [1.165, 1.54) is 16.7 Å². The molecule has 2 heterocycles. The summed E-state index contributed by atoms with van der Waals surface area (Å²) in [5.41, 5.74) is 2.55. The van der Waals surface area contributed by atoms with Gasteiger partial charge in [-0.3, -0.25) is 9.20 Å². The second-order valence-corrected chi connectivity index (χ2v) is 9.43. The molecule has 2 aromatic heterocycles. The van der Waals surface area contributed by atoms with Gasteiger partial charge >= 0.3 is 0 Å². The van der Waals surface area contributed by atoms with Crippen molar-refractivity contribution >= 4 is 16.9 Å². The third-order valence-corrected chi connectivity index (χ3v) is 5.84. The molecule has 3 rings (SSSR count). The maximum absolute atomic E-state index is 13.7. The zero-order chi connectivity index (χ0) is 19.6. The van der Waals surface area contributed by atoms with Gasteiger partial charge in [0.15, 0.2) is 0 Å². The average molecular weight is 386 g/mol. The summed E-state index contributed by atoms with van der Waals surface area (Å²) in [7, 11) is 0. The van der Waals surface area contributed by atoms with Crippen molar-refractivity contribution in [2.24, 2.45) is 0 Å². The van der Waals surface area contributed by atoms with Crippen LogP contribution in [0.5, 0.6) is 0 Å². The summed E-state index contributed by atoms with van der Waals surface area (Å²) in [6.45, 7) is 6.19. The molecule has 27 heavy (non-hydrogen) atoms. The first-order chi connectivity index (χ1) is 12.8. The van der Waals surface area contributed by atoms with E-state index in [-0.39, 0.29) is 10.3 Å². The van der Waals surface area contributed by atoms with E-state index < -0.39 is 17.2 Å². The lowest BCUT2D eigenvalue weighted by atomic mass is 9.98. The minimum absolute atomic E-state index is 0.259. The van der Waals surface area contributed by atoms with Gasteiger partial charge in [-0.05, 0) is 56.5 Å². The molecule has 0 aliphatic carbocycles. The minimum atomic E-state index is -1.18. The third-order valence-electron chi connectivity index (χ3n) is 4.27. The van der Waals surface area contributed by atoms with Crippen molar-refractivity contribution in [1.29, 1.82) is 0 Å². The lowest BCUT2D eigenvalue weighted by Crippen LogP contribution is -2.40. The molecule has 0 spiro atoms. The molecule has 142 valence electrons. The van der Waals surface area contributed by atoms with Crippen molar-refractivity contribution in [3.63, 3.8) is 0 Å². The highest BCUT2D eigenvalue weighted by Crippen LogP contribution is 2.22. The first-order valence-corrected chi connectivity index (χ1v) is 9.97. The van der Waals surface area contributed by atoms with E-state index >= 15 is 0 Å². The Kier molecular flexibility index (Phi) is 5.69. The molecule has 0 saturated carbocycles. The fourth-order valence-electron chi connectivity index (χ4n) is 2.89. The van der Waals surface area contributed by atoms with E-state index in [4.69, 9.17) is 0 Å². The van der Waals surface area contributed by atoms with Crippen molar-refractivity contribution in [3.05, 3.63) is 76.5 Å². The Morgan fingerprint density at radius 1 is 1.15 bits per heavy atom. The number of rotatable bonds is 5. The van der Waals surface area contributed by atoms with E-state index in [1.807, 2.05) is 57.2 Å². The van der Waals surface area contributed by atoms with Crippen molar-refractivity contribution in [3.8, 4) is 11.1 Å². The fraction of sp³-hybridized carbons (Fsp3) is 0.286. The Balaban J connectivity index is 2.03. The molecule has 0 amide bonds. The first-order valence-electron chi connectivity index (χ1n) is 8.82. The Labute approximate surface area is 161 Å². The van der Waals surface area contributed by atoms with E-state index in [0.29, 0.717) is 24.0 Å². The predicted octanol–water partition coefficient (Wildman–Crippen LogP) is 3.70. The number of aromatic nitrogens is 1. The number of nitrogens with zero attached hydrogens (tertiary/aromatic N) is 1. The molecule has 0 aliphatic rings. The summed E-state index contributed by atoms with van der Waals surface area (Å²) in [5, 5.41) is 0. The highest BCUT2D eigenvalue weighted by atomic mass is 32.2. The lowest BCUT2D eigenvalue weighted by Gasteiger charge is -2.23. The second-order valence-electron chi connectivity index (χ2n) is 7.38. The van der Waals surface area contributed by atoms with Gasteiger partial charge in [-0.2, -0.15) is 0 Å². The highest BCUT2D eigenvalue weighted by molar-refractivity contribution is 7.90. The Bertz CT molecular complexity index is 997. The molecule has 1 aromatic carbocycles. The monoisotopic (exact) mass is 386 g/mol. The van der Waals surface area contributed by atoms with Crippen LogP contribution >= 0.6 is 0 Å². The molecule has 1 atom stereocenters. The first kappa shape index (κ1) is 19.6. The van der Waals surface area contributed by atoms with Crippen LogP contribution in [0.4, 0.5) is 4.39 Å². The van der Waals surface area contributed by atoms with Gasteiger partial charge in [0.25, 0.3) is 5.56 Å². The van der Waals surface area contributed by atoms with E-state index in [1.54, 1.807) is 6.07 Å². The van der Waals surface area contributed by atoms with Gasteiger partial charge in [0, 0.05) is 29.6 Å². The van der Waals surface area contributed by atoms with Crippen LogP contribution in [0.3, 0.4) is 0 Å². The van der Waals surface area contributed by atoms with E-state index in [0.717, 1.165) is 11.1 Å². The van der Waals surface area contributed by atoms with Crippen LogP contribution in [0.1, 0.15) is 26.3 Å². The zero-order valence-electron chi connectivity index (χ0n) is 15.7. The van der Waals surface area contributed by atoms with Crippen molar-refractivity contribution in [2.45, 2.75) is 31.9 Å². The topological polar surface area (TPSA) is 56.6 Å². The van der Waals surface area contributed by atoms with Crippen LogP contribution in [0.15, 0.2) is 59.5 Å². The highest BCUT2D eigenvalue weighted by Gasteiger charge is 2.26. The number of fused-ring (bicyclic) bond motifs is 1. The van der Waals surface area contributed by atoms with Gasteiger partial charge in [-0.15, -0.1) is 4.72 Å². The number of pyridine rings is 2. The van der Waals surface area contributed by atoms with Crippen LogP contribution in [0.2, 0.25) is 0 Å². The Morgan fingerprint density at radius 3 is 2.52 bits per heavy atom. The zero-order valence-corrected chi connectivity index (χ0v) is 16.5. The second kappa shape index (κ2) is 7.84. The van der Waals surface area contributed by atoms with Crippen LogP contribution < -0.4 is 10.3 Å². The number of halogens is 1. The van der Waals surface area contributed by atoms with Gasteiger partial charge in [-0.1, -0.05) is 30.3 Å². The Hall–Kier alpha value is -2.15. The molecule has 1 N–H and O–H groups in total. The summed E-state index contributed by atoms with van der Waals surface area (Å²) in [6, 6.07) is 14.2. The molecule has 1 unspecified atom stereocenters. The largest absolute Gasteiger partial charge is 0.598 e. The Morgan fingerprint density at radius 2 is 1.85 bits per heavy atom. The molecule has 4 nitrogen and oxygen atoms in total. The van der Waals surface area contributed by atoms with Crippen LogP contribution in [-0.2, 0) is 17.8 Å². The van der Waals surface area contributed by atoms with Gasteiger partial charge < -0.3 is 4.55 Å². The number of nitrogens with one attached hydrogen (secondary N) is 1. The quantitative estimate of drug-likeness (QED) is 0.680. The summed E-state index contributed by atoms with van der Waals surface area (Å²) < 4.78 is 29.9. The van der Waals surface area contributed by atoms with Gasteiger partial charge in [0.1, 0.15) is 10.6 Å². The maximum Gasteiger partial charge on any atom is 0.263 e. The number of benzene rings is 1. The predicted molar refractivity (Wildman–Crippen MR) is 109 cm³/mol. The average Bonchev–Trinajstić information content (AvgIpc) is 2.62. The molecule has 0 radical (unpaired) electrons. The molecule has 0 aliphatic heterocycles. The standard InChI is InChI=1S/C21H23FN2O2S/c1-21(2,3)27(26)23-12-11-16-13-18-10-9-17(22)14-24(18)20(25)19(16)15-7-5-4-6-8-15/h4-10,13-14,23H,11-12H2,1-3H3.